The predicted octanol–water partition coefficient (Wildman–Crippen LogP) is 1.56. The second-order valence-electron chi connectivity index (χ2n) is 6.23. The van der Waals surface area contributed by atoms with E-state index in [1.165, 1.54) is 21.6 Å². The van der Waals surface area contributed by atoms with Crippen molar-refractivity contribution in [1.82, 2.24) is 19.6 Å². The number of esters is 1. The van der Waals surface area contributed by atoms with Crippen LogP contribution in [0.3, 0.4) is 0 Å². The van der Waals surface area contributed by atoms with E-state index in [1.54, 1.807) is 24.3 Å². The Bertz CT molecular complexity index is 879. The fourth-order valence-corrected chi connectivity index (χ4v) is 3.35. The molecule has 0 radical (unpaired) electrons. The number of ether oxygens (including phenoxy) is 1. The summed E-state index contributed by atoms with van der Waals surface area (Å²) in [4.78, 5) is 37.3. The minimum Gasteiger partial charge on any atom is -0.465 e. The van der Waals surface area contributed by atoms with Crippen LogP contribution >= 0.6 is 0 Å². The van der Waals surface area contributed by atoms with Crippen molar-refractivity contribution in [1.29, 1.82) is 0 Å². The van der Waals surface area contributed by atoms with Crippen molar-refractivity contribution in [2.24, 2.45) is 0 Å². The number of aromatic nitrogens is 2. The number of rotatable bonds is 4. The van der Waals surface area contributed by atoms with Gasteiger partial charge in [-0.05, 0) is 12.5 Å². The molecule has 10 nitrogen and oxygen atoms in total. The number of benzene rings is 1. The number of carbonyl (C=O) groups is 3. The zero-order chi connectivity index (χ0) is 19.6. The van der Waals surface area contributed by atoms with Gasteiger partial charge in [0.1, 0.15) is 0 Å². The average Bonchev–Trinajstić information content (AvgIpc) is 3.03. The van der Waals surface area contributed by atoms with E-state index in [4.69, 9.17) is 4.74 Å². The van der Waals surface area contributed by atoms with Gasteiger partial charge < -0.3 is 24.7 Å². The van der Waals surface area contributed by atoms with Crippen LogP contribution in [0.4, 0.5) is 9.59 Å². The molecule has 0 spiro atoms. The van der Waals surface area contributed by atoms with Crippen LogP contribution in [0.25, 0.3) is 10.9 Å². The molecule has 0 saturated carbocycles. The highest BCUT2D eigenvalue weighted by atomic mass is 16.5. The molecule has 1 fully saturated rings. The summed E-state index contributed by atoms with van der Waals surface area (Å²) in [7, 11) is 1.28. The third-order valence-corrected chi connectivity index (χ3v) is 4.70. The van der Waals surface area contributed by atoms with Crippen molar-refractivity contribution in [2.75, 3.05) is 26.7 Å². The van der Waals surface area contributed by atoms with Crippen molar-refractivity contribution in [3.05, 3.63) is 30.0 Å². The van der Waals surface area contributed by atoms with Crippen molar-refractivity contribution in [2.45, 2.75) is 19.0 Å². The fourth-order valence-electron chi connectivity index (χ4n) is 3.35. The summed E-state index contributed by atoms with van der Waals surface area (Å²) in [6.45, 7) is 0.575. The second-order valence-corrected chi connectivity index (χ2v) is 6.23. The molecule has 1 aromatic carbocycles. The molecule has 144 valence electrons. The standard InChI is InChI=1S/C17H20N4O6/c1-27-15(22)14-12-4-2-3-5-13(12)18-21(14)7-6-11-10-19(16(23)24)8-9-20(11)17(25)26/h2-5,11H,6-10H2,1H3,(H,23,24)(H,25,26)/t11-/m1/s1. The number of hydrogen-bond donors (Lipinski definition) is 2. The van der Waals surface area contributed by atoms with Gasteiger partial charge in [0.25, 0.3) is 0 Å². The van der Waals surface area contributed by atoms with Gasteiger partial charge in [-0.15, -0.1) is 0 Å². The Balaban J connectivity index is 1.85. The minimum atomic E-state index is -1.09. The molecule has 0 unspecified atom stereocenters. The maximum Gasteiger partial charge on any atom is 0.407 e. The first kappa shape index (κ1) is 18.5. The van der Waals surface area contributed by atoms with Crippen molar-refractivity contribution >= 4 is 29.1 Å². The van der Waals surface area contributed by atoms with E-state index in [9.17, 15) is 24.6 Å². The van der Waals surface area contributed by atoms with Gasteiger partial charge in [-0.2, -0.15) is 5.10 Å². The maximum atomic E-state index is 12.2. The monoisotopic (exact) mass is 376 g/mol. The molecule has 10 heteroatoms. The minimum absolute atomic E-state index is 0.0793. The molecule has 1 saturated heterocycles. The third-order valence-electron chi connectivity index (χ3n) is 4.70. The molecule has 1 atom stereocenters. The fraction of sp³-hybridized carbons (Fsp3) is 0.412. The maximum absolute atomic E-state index is 12.2. The van der Waals surface area contributed by atoms with Gasteiger partial charge in [0.05, 0.1) is 18.7 Å². The third kappa shape index (κ3) is 3.64. The number of amides is 2. The average molecular weight is 376 g/mol. The summed E-state index contributed by atoms with van der Waals surface area (Å²) < 4.78 is 6.35. The largest absolute Gasteiger partial charge is 0.465 e. The van der Waals surface area contributed by atoms with E-state index in [-0.39, 0.29) is 26.2 Å². The molecule has 0 aliphatic carbocycles. The zero-order valence-corrected chi connectivity index (χ0v) is 14.7. The number of fused-ring (bicyclic) bond motifs is 1. The lowest BCUT2D eigenvalue weighted by Crippen LogP contribution is -2.56. The van der Waals surface area contributed by atoms with Crippen LogP contribution in [0.2, 0.25) is 0 Å². The smallest absolute Gasteiger partial charge is 0.407 e. The van der Waals surface area contributed by atoms with E-state index in [1.807, 2.05) is 0 Å². The lowest BCUT2D eigenvalue weighted by Gasteiger charge is -2.38. The lowest BCUT2D eigenvalue weighted by atomic mass is 10.1. The zero-order valence-electron chi connectivity index (χ0n) is 14.7. The molecule has 2 heterocycles. The van der Waals surface area contributed by atoms with Crippen molar-refractivity contribution in [3.63, 3.8) is 0 Å². The summed E-state index contributed by atoms with van der Waals surface area (Å²) in [6, 6.07) is 6.61. The van der Waals surface area contributed by atoms with Crippen LogP contribution in [-0.2, 0) is 11.3 Å². The van der Waals surface area contributed by atoms with Gasteiger partial charge in [-0.25, -0.2) is 14.4 Å². The van der Waals surface area contributed by atoms with Gasteiger partial charge in [0.15, 0.2) is 5.69 Å². The topological polar surface area (TPSA) is 125 Å². The first-order chi connectivity index (χ1) is 12.9. The number of aryl methyl sites for hydroxylation is 1. The predicted molar refractivity (Wildman–Crippen MR) is 93.8 cm³/mol. The van der Waals surface area contributed by atoms with Gasteiger partial charge >= 0.3 is 18.2 Å². The summed E-state index contributed by atoms with van der Waals surface area (Å²) in [6.07, 6.45) is -1.86. The van der Waals surface area contributed by atoms with Crippen LogP contribution < -0.4 is 0 Å². The highest BCUT2D eigenvalue weighted by Gasteiger charge is 2.32. The van der Waals surface area contributed by atoms with Crippen LogP contribution in [0, 0.1) is 0 Å². The van der Waals surface area contributed by atoms with Crippen LogP contribution in [-0.4, -0.2) is 80.7 Å². The number of nitrogens with zero attached hydrogens (tertiary/aromatic N) is 4. The molecule has 2 aromatic rings. The normalized spacial score (nSPS) is 17.1. The molecular formula is C17H20N4O6. The van der Waals surface area contributed by atoms with Gasteiger partial charge in [0, 0.05) is 31.6 Å². The molecule has 1 aromatic heterocycles. The highest BCUT2D eigenvalue weighted by Crippen LogP contribution is 2.21. The van der Waals surface area contributed by atoms with Crippen LogP contribution in [0.15, 0.2) is 24.3 Å². The van der Waals surface area contributed by atoms with E-state index >= 15 is 0 Å². The number of methoxy groups -OCH3 is 1. The summed E-state index contributed by atoms with van der Waals surface area (Å²) in [5.74, 6) is -0.533. The van der Waals surface area contributed by atoms with E-state index in [0.29, 0.717) is 23.0 Å². The number of carboxylic acid groups (broad SMARTS) is 2. The Hall–Kier alpha value is -3.30. The Kier molecular flexibility index (Phi) is 5.15. The molecular weight excluding hydrogens is 356 g/mol. The number of carbonyl (C=O) groups excluding carboxylic acids is 1. The summed E-state index contributed by atoms with van der Waals surface area (Å²) in [5, 5.41) is 23.6. The molecule has 0 bridgehead atoms. The van der Waals surface area contributed by atoms with Gasteiger partial charge in [0.2, 0.25) is 0 Å². The molecule has 1 aliphatic rings. The number of piperazine rings is 1. The Morgan fingerprint density at radius 1 is 1.19 bits per heavy atom. The van der Waals surface area contributed by atoms with Crippen molar-refractivity contribution < 1.29 is 29.3 Å². The number of hydrogen-bond acceptors (Lipinski definition) is 5. The van der Waals surface area contributed by atoms with Gasteiger partial charge in [-0.3, -0.25) is 4.68 Å². The molecule has 2 amide bonds. The van der Waals surface area contributed by atoms with Gasteiger partial charge in [-0.1, -0.05) is 18.2 Å². The second kappa shape index (κ2) is 7.52. The SMILES string of the molecule is COC(=O)c1c2ccccc2nn1CC[C@@H]1CN(C(=O)O)CCN1C(=O)O. The highest BCUT2D eigenvalue weighted by molar-refractivity contribution is 6.02. The Labute approximate surface area is 154 Å². The first-order valence-electron chi connectivity index (χ1n) is 8.43. The molecule has 27 heavy (non-hydrogen) atoms. The van der Waals surface area contributed by atoms with E-state index in [2.05, 4.69) is 5.10 Å². The Morgan fingerprint density at radius 2 is 1.93 bits per heavy atom. The van der Waals surface area contributed by atoms with Crippen molar-refractivity contribution in [3.8, 4) is 0 Å². The quantitative estimate of drug-likeness (QED) is 0.776. The summed E-state index contributed by atoms with van der Waals surface area (Å²) >= 11 is 0. The first-order valence-corrected chi connectivity index (χ1v) is 8.43. The molecule has 1 aliphatic heterocycles. The Morgan fingerprint density at radius 3 is 2.59 bits per heavy atom. The molecule has 2 N–H and O–H groups in total. The summed E-state index contributed by atoms with van der Waals surface area (Å²) in [5.41, 5.74) is 0.921. The van der Waals surface area contributed by atoms with E-state index < -0.39 is 24.2 Å². The molecule has 3 rings (SSSR count). The van der Waals surface area contributed by atoms with E-state index in [0.717, 1.165) is 0 Å². The van der Waals surface area contributed by atoms with Crippen LogP contribution in [0.1, 0.15) is 16.9 Å². The van der Waals surface area contributed by atoms with Crippen LogP contribution in [0.5, 0.6) is 0 Å². The lowest BCUT2D eigenvalue weighted by molar-refractivity contribution is 0.0562.